The highest BCUT2D eigenvalue weighted by atomic mass is 19.4. The molecule has 2 aromatic rings. The summed E-state index contributed by atoms with van der Waals surface area (Å²) in [7, 11) is 0. The predicted molar refractivity (Wildman–Crippen MR) is 213 cm³/mol. The smallest absolute Gasteiger partial charge is 0.416 e. The molecule has 0 atom stereocenters. The Kier molecular flexibility index (Phi) is 31.8. The summed E-state index contributed by atoms with van der Waals surface area (Å²) in [5, 5.41) is 2.86. The Hall–Kier alpha value is -2.90. The lowest BCUT2D eigenvalue weighted by Gasteiger charge is -2.13. The first kappa shape index (κ1) is 51.2. The second kappa shape index (κ2) is 36.0. The Morgan fingerprint density at radius 3 is 1.33 bits per heavy atom. The number of rotatable bonds is 40. The molecule has 0 bridgehead atoms. The molecule has 332 valence electrons. The second-order valence-corrected chi connectivity index (χ2v) is 12.8. The monoisotopic (exact) mass is 833 g/mol. The minimum absolute atomic E-state index is 0.000764. The number of unbranched alkanes of at least 4 members (excludes halogenated alkanes) is 5. The van der Waals surface area contributed by atoms with Crippen LogP contribution in [0.15, 0.2) is 48.5 Å². The van der Waals surface area contributed by atoms with Gasteiger partial charge in [-0.25, -0.2) is 4.79 Å². The van der Waals surface area contributed by atoms with Crippen molar-refractivity contribution in [2.75, 3.05) is 144 Å². The van der Waals surface area contributed by atoms with Crippen molar-refractivity contribution in [2.45, 2.75) is 51.6 Å². The summed E-state index contributed by atoms with van der Waals surface area (Å²) in [5.74, 6) is -0.627. The van der Waals surface area contributed by atoms with Gasteiger partial charge in [-0.05, 0) is 36.8 Å². The van der Waals surface area contributed by atoms with Gasteiger partial charge in [-0.3, -0.25) is 0 Å². The summed E-state index contributed by atoms with van der Waals surface area (Å²) in [6.07, 6.45) is 3.12. The zero-order valence-corrected chi connectivity index (χ0v) is 34.2. The number of anilines is 2. The van der Waals surface area contributed by atoms with Crippen molar-refractivity contribution in [3.8, 4) is 0 Å². The van der Waals surface area contributed by atoms with Crippen LogP contribution in [0.1, 0.15) is 61.4 Å². The quantitative estimate of drug-likeness (QED) is 0.0540. The number of alkyl halides is 3. The van der Waals surface area contributed by atoms with Gasteiger partial charge in [-0.15, -0.1) is 0 Å². The van der Waals surface area contributed by atoms with E-state index in [1.165, 1.54) is 50.3 Å². The fraction of sp³-hybridized carbons (Fsp3) is 0.690. The molecule has 0 unspecified atom stereocenters. The van der Waals surface area contributed by atoms with Crippen molar-refractivity contribution in [1.29, 1.82) is 0 Å². The van der Waals surface area contributed by atoms with Crippen LogP contribution in [-0.2, 0) is 58.3 Å². The molecule has 16 heteroatoms. The molecular weight excluding hydrogens is 767 g/mol. The third kappa shape index (κ3) is 28.5. The number of hydrogen-bond acceptors (Lipinski definition) is 13. The van der Waals surface area contributed by atoms with Crippen molar-refractivity contribution >= 4 is 17.3 Å². The highest BCUT2D eigenvalue weighted by molar-refractivity contribution is 5.96. The van der Waals surface area contributed by atoms with Gasteiger partial charge in [0.1, 0.15) is 6.61 Å². The lowest BCUT2D eigenvalue weighted by Crippen LogP contribution is -2.16. The van der Waals surface area contributed by atoms with Crippen LogP contribution in [0.3, 0.4) is 0 Å². The number of hydrogen-bond donors (Lipinski definition) is 1. The third-order valence-electron chi connectivity index (χ3n) is 8.07. The molecule has 1 N–H and O–H groups in total. The predicted octanol–water partition coefficient (Wildman–Crippen LogP) is 7.13. The first-order valence-corrected chi connectivity index (χ1v) is 20.4. The molecule has 2 rings (SSSR count). The molecule has 0 aliphatic rings. The van der Waals surface area contributed by atoms with Crippen LogP contribution in [0.2, 0.25) is 0 Å². The maximum Gasteiger partial charge on any atom is 0.416 e. The van der Waals surface area contributed by atoms with Gasteiger partial charge in [0.2, 0.25) is 0 Å². The highest BCUT2D eigenvalue weighted by Gasteiger charge is 2.30. The van der Waals surface area contributed by atoms with Gasteiger partial charge in [-0.2, -0.15) is 13.2 Å². The number of ether oxygens (including phenoxy) is 11. The Balaban J connectivity index is 1.26. The van der Waals surface area contributed by atoms with Crippen LogP contribution in [0, 0.1) is 0 Å². The molecule has 0 fully saturated rings. The number of benzene rings is 2. The zero-order valence-electron chi connectivity index (χ0n) is 34.2. The van der Waals surface area contributed by atoms with E-state index < -0.39 is 17.7 Å². The average Bonchev–Trinajstić information content (AvgIpc) is 3.22. The van der Waals surface area contributed by atoms with Gasteiger partial charge in [0.15, 0.2) is 0 Å². The molecule has 0 heterocycles. The first-order valence-electron chi connectivity index (χ1n) is 20.4. The van der Waals surface area contributed by atoms with Crippen LogP contribution in [-0.4, -0.2) is 145 Å². The summed E-state index contributed by atoms with van der Waals surface area (Å²) < 4.78 is 99.4. The summed E-state index contributed by atoms with van der Waals surface area (Å²) in [6.45, 7) is 11.7. The molecule has 0 saturated heterocycles. The number of carbonyl (C=O) groups excluding carboxylic acids is 1. The van der Waals surface area contributed by atoms with Gasteiger partial charge >= 0.3 is 12.1 Å². The number of esters is 1. The SMILES string of the molecule is CCCCCCCCOCCOCCOCCOCCOCCOCCOCCOCCOCCOCCOC(=O)c1ccccc1Nc1cccc(C(F)(F)F)c1. The molecular formula is C42H66F3NO12. The van der Waals surface area contributed by atoms with Crippen molar-refractivity contribution in [2.24, 2.45) is 0 Å². The molecule has 0 radical (unpaired) electrons. The minimum Gasteiger partial charge on any atom is -0.460 e. The van der Waals surface area contributed by atoms with Gasteiger partial charge in [0.05, 0.1) is 142 Å². The lowest BCUT2D eigenvalue weighted by molar-refractivity contribution is -0.137. The van der Waals surface area contributed by atoms with Gasteiger partial charge in [0.25, 0.3) is 0 Å². The number of halogens is 3. The van der Waals surface area contributed by atoms with E-state index >= 15 is 0 Å². The maximum absolute atomic E-state index is 13.1. The van der Waals surface area contributed by atoms with Crippen LogP contribution >= 0.6 is 0 Å². The summed E-state index contributed by atoms with van der Waals surface area (Å²) in [6, 6.07) is 11.1. The first-order chi connectivity index (χ1) is 28.4. The van der Waals surface area contributed by atoms with Crippen LogP contribution in [0.5, 0.6) is 0 Å². The molecule has 58 heavy (non-hydrogen) atoms. The van der Waals surface area contributed by atoms with Crippen molar-refractivity contribution in [3.63, 3.8) is 0 Å². The normalized spacial score (nSPS) is 11.7. The van der Waals surface area contributed by atoms with Gasteiger partial charge in [0, 0.05) is 12.3 Å². The van der Waals surface area contributed by atoms with E-state index in [2.05, 4.69) is 12.2 Å². The minimum atomic E-state index is -4.48. The standard InChI is InChI=1S/C42H66F3NO12/c1-2-3-4-5-6-9-15-48-16-17-49-18-19-50-20-21-51-22-23-52-24-25-53-26-27-54-28-29-55-30-31-56-32-33-57-34-35-58-41(47)39-13-7-8-14-40(39)46-38-12-10-11-37(36-38)42(43,44)45/h7-8,10-14,36,46H,2-6,9,15-35H2,1H3. The number of para-hydroxylation sites is 1. The summed E-state index contributed by atoms with van der Waals surface area (Å²) in [4.78, 5) is 12.6. The third-order valence-corrected chi connectivity index (χ3v) is 8.07. The highest BCUT2D eigenvalue weighted by Crippen LogP contribution is 2.32. The van der Waals surface area contributed by atoms with Crippen LogP contribution in [0.4, 0.5) is 24.5 Å². The average molecular weight is 834 g/mol. The van der Waals surface area contributed by atoms with E-state index in [-0.39, 0.29) is 24.5 Å². The van der Waals surface area contributed by atoms with E-state index in [9.17, 15) is 18.0 Å². The van der Waals surface area contributed by atoms with Gasteiger partial charge in [-0.1, -0.05) is 57.2 Å². The maximum atomic E-state index is 13.1. The van der Waals surface area contributed by atoms with Crippen LogP contribution in [0.25, 0.3) is 0 Å². The van der Waals surface area contributed by atoms with Gasteiger partial charge < -0.3 is 57.4 Å². The van der Waals surface area contributed by atoms with E-state index in [0.717, 1.165) is 25.2 Å². The second-order valence-electron chi connectivity index (χ2n) is 12.8. The molecule has 0 aromatic heterocycles. The lowest BCUT2D eigenvalue weighted by atomic mass is 10.1. The summed E-state index contributed by atoms with van der Waals surface area (Å²) in [5.41, 5.74) is -0.0862. The number of carbonyl (C=O) groups is 1. The summed E-state index contributed by atoms with van der Waals surface area (Å²) >= 11 is 0. The number of nitrogens with one attached hydrogen (secondary N) is 1. The Bertz CT molecular complexity index is 1260. The topological polar surface area (TPSA) is 131 Å². The fourth-order valence-corrected chi connectivity index (χ4v) is 5.04. The van der Waals surface area contributed by atoms with E-state index in [4.69, 9.17) is 52.1 Å². The molecule has 13 nitrogen and oxygen atoms in total. The van der Waals surface area contributed by atoms with E-state index in [1.807, 2.05) is 0 Å². The zero-order chi connectivity index (χ0) is 41.6. The fourth-order valence-electron chi connectivity index (χ4n) is 5.04. The van der Waals surface area contributed by atoms with Crippen LogP contribution < -0.4 is 5.32 Å². The Morgan fingerprint density at radius 1 is 0.483 bits per heavy atom. The largest absolute Gasteiger partial charge is 0.460 e. The molecule has 0 aliphatic heterocycles. The molecule has 2 aromatic carbocycles. The van der Waals surface area contributed by atoms with Crippen molar-refractivity contribution in [1.82, 2.24) is 0 Å². The Morgan fingerprint density at radius 2 is 0.879 bits per heavy atom. The molecule has 0 saturated carbocycles. The molecule has 0 aliphatic carbocycles. The van der Waals surface area contributed by atoms with Crippen molar-refractivity contribution < 1.29 is 70.1 Å². The van der Waals surface area contributed by atoms with E-state index in [0.29, 0.717) is 125 Å². The van der Waals surface area contributed by atoms with Crippen molar-refractivity contribution in [3.05, 3.63) is 59.7 Å². The molecule has 0 amide bonds. The van der Waals surface area contributed by atoms with E-state index in [1.54, 1.807) is 18.2 Å². The Labute approximate surface area is 342 Å². The molecule has 0 spiro atoms.